The molecule has 6 nitrogen and oxygen atoms in total. The van der Waals surface area contributed by atoms with E-state index in [9.17, 15) is 9.59 Å². The van der Waals surface area contributed by atoms with Gasteiger partial charge in [-0.15, -0.1) is 0 Å². The van der Waals surface area contributed by atoms with E-state index in [1.54, 1.807) is 18.2 Å². The molecular formula is C12H11NO5. The summed E-state index contributed by atoms with van der Waals surface area (Å²) in [5.74, 6) is -0.921. The van der Waals surface area contributed by atoms with Gasteiger partial charge in [0.15, 0.2) is 11.5 Å². The largest absolute Gasteiger partial charge is 0.481 e. The van der Waals surface area contributed by atoms with E-state index in [0.717, 1.165) is 0 Å². The van der Waals surface area contributed by atoms with Gasteiger partial charge in [-0.1, -0.05) is 0 Å². The molecule has 1 heterocycles. The second-order valence-corrected chi connectivity index (χ2v) is 4.34. The molecule has 0 bridgehead atoms. The monoisotopic (exact) mass is 249 g/mol. The minimum Gasteiger partial charge on any atom is -0.481 e. The van der Waals surface area contributed by atoms with Gasteiger partial charge in [0, 0.05) is 11.8 Å². The molecule has 2 N–H and O–H groups in total. The SMILES string of the molecule is O=C(O)[C@H]1C[C@H]1C(=O)Nc1ccc2c(c1)OCO2. The fourth-order valence-corrected chi connectivity index (χ4v) is 1.97. The van der Waals surface area contributed by atoms with Gasteiger partial charge >= 0.3 is 5.97 Å². The Morgan fingerprint density at radius 3 is 2.72 bits per heavy atom. The van der Waals surface area contributed by atoms with Crippen molar-refractivity contribution in [2.45, 2.75) is 6.42 Å². The number of carbonyl (C=O) groups is 2. The molecule has 2 aliphatic rings. The van der Waals surface area contributed by atoms with Crippen molar-refractivity contribution in [3.63, 3.8) is 0 Å². The lowest BCUT2D eigenvalue weighted by Gasteiger charge is -2.05. The van der Waals surface area contributed by atoms with Gasteiger partial charge in [0.1, 0.15) is 0 Å². The van der Waals surface area contributed by atoms with E-state index in [-0.39, 0.29) is 12.7 Å². The highest BCUT2D eigenvalue weighted by molar-refractivity contribution is 5.98. The first-order valence-electron chi connectivity index (χ1n) is 5.58. The Labute approximate surface area is 103 Å². The summed E-state index contributed by atoms with van der Waals surface area (Å²) in [6.07, 6.45) is 0.408. The number of rotatable bonds is 3. The number of nitrogens with one attached hydrogen (secondary N) is 1. The van der Waals surface area contributed by atoms with E-state index in [2.05, 4.69) is 5.32 Å². The number of anilines is 1. The maximum atomic E-state index is 11.7. The minimum atomic E-state index is -0.916. The topological polar surface area (TPSA) is 84.9 Å². The molecule has 0 spiro atoms. The highest BCUT2D eigenvalue weighted by atomic mass is 16.7. The van der Waals surface area contributed by atoms with Gasteiger partial charge in [0.2, 0.25) is 12.7 Å². The van der Waals surface area contributed by atoms with Crippen LogP contribution in [0.1, 0.15) is 6.42 Å². The Balaban J connectivity index is 1.67. The first-order valence-corrected chi connectivity index (χ1v) is 5.58. The van der Waals surface area contributed by atoms with Crippen molar-refractivity contribution in [2.24, 2.45) is 11.8 Å². The van der Waals surface area contributed by atoms with Gasteiger partial charge in [-0.25, -0.2) is 0 Å². The van der Waals surface area contributed by atoms with Crippen LogP contribution in [-0.4, -0.2) is 23.8 Å². The summed E-state index contributed by atoms with van der Waals surface area (Å²) < 4.78 is 10.3. The average Bonchev–Trinajstić information content (AvgIpc) is 3.02. The van der Waals surface area contributed by atoms with E-state index in [1.165, 1.54) is 0 Å². The minimum absolute atomic E-state index is 0.177. The lowest BCUT2D eigenvalue weighted by atomic mass is 10.2. The number of benzene rings is 1. The molecule has 0 radical (unpaired) electrons. The number of carboxylic acids is 1. The molecule has 3 rings (SSSR count). The number of carboxylic acid groups (broad SMARTS) is 1. The Hall–Kier alpha value is -2.24. The predicted molar refractivity (Wildman–Crippen MR) is 60.4 cm³/mol. The van der Waals surface area contributed by atoms with Gasteiger partial charge in [-0.2, -0.15) is 0 Å². The van der Waals surface area contributed by atoms with Crippen LogP contribution < -0.4 is 14.8 Å². The molecule has 0 unspecified atom stereocenters. The molecular weight excluding hydrogens is 238 g/mol. The second-order valence-electron chi connectivity index (χ2n) is 4.34. The van der Waals surface area contributed by atoms with Crippen LogP contribution in [0.15, 0.2) is 18.2 Å². The first kappa shape index (κ1) is 10.9. The summed E-state index contributed by atoms with van der Waals surface area (Å²) >= 11 is 0. The Kier molecular flexibility index (Phi) is 2.36. The van der Waals surface area contributed by atoms with Crippen molar-refractivity contribution < 1.29 is 24.2 Å². The standard InChI is InChI=1S/C12H11NO5/c14-11(7-4-8(7)12(15)16)13-6-1-2-9-10(3-6)18-5-17-9/h1-3,7-8H,4-5H2,(H,13,14)(H,15,16)/t7-,8+/m1/s1. The van der Waals surface area contributed by atoms with Crippen LogP contribution >= 0.6 is 0 Å². The number of carbonyl (C=O) groups excluding carboxylic acids is 1. The van der Waals surface area contributed by atoms with Crippen molar-refractivity contribution in [1.29, 1.82) is 0 Å². The van der Waals surface area contributed by atoms with Gasteiger partial charge in [-0.3, -0.25) is 9.59 Å². The molecule has 1 aromatic rings. The van der Waals surface area contributed by atoms with Crippen molar-refractivity contribution in [3.8, 4) is 11.5 Å². The van der Waals surface area contributed by atoms with Crippen LogP contribution in [0, 0.1) is 11.8 Å². The lowest BCUT2D eigenvalue weighted by molar-refractivity contribution is -0.139. The number of fused-ring (bicyclic) bond motifs is 1. The molecule has 0 aromatic heterocycles. The van der Waals surface area contributed by atoms with Gasteiger partial charge < -0.3 is 19.9 Å². The van der Waals surface area contributed by atoms with Crippen molar-refractivity contribution in [2.75, 3.05) is 12.1 Å². The number of hydrogen-bond donors (Lipinski definition) is 2. The van der Waals surface area contributed by atoms with E-state index >= 15 is 0 Å². The zero-order valence-electron chi connectivity index (χ0n) is 9.38. The second kappa shape index (κ2) is 3.90. The number of hydrogen-bond acceptors (Lipinski definition) is 4. The predicted octanol–water partition coefficient (Wildman–Crippen LogP) is 1.07. The summed E-state index contributed by atoms with van der Waals surface area (Å²) in [6, 6.07) is 5.07. The molecule has 1 saturated carbocycles. The van der Waals surface area contributed by atoms with Gasteiger partial charge in [0.05, 0.1) is 11.8 Å². The van der Waals surface area contributed by atoms with Crippen LogP contribution in [0.2, 0.25) is 0 Å². The van der Waals surface area contributed by atoms with Crippen LogP contribution in [0.25, 0.3) is 0 Å². The van der Waals surface area contributed by atoms with Crippen LogP contribution in [0.4, 0.5) is 5.69 Å². The molecule has 0 saturated heterocycles. The maximum Gasteiger partial charge on any atom is 0.307 e. The van der Waals surface area contributed by atoms with E-state index in [0.29, 0.717) is 23.6 Å². The van der Waals surface area contributed by atoms with E-state index in [1.807, 2.05) is 0 Å². The first-order chi connectivity index (χ1) is 8.65. The molecule has 6 heteroatoms. The summed E-state index contributed by atoms with van der Waals surface area (Å²) in [6.45, 7) is 0.177. The van der Waals surface area contributed by atoms with Crippen molar-refractivity contribution in [1.82, 2.24) is 0 Å². The number of aliphatic carboxylic acids is 1. The third kappa shape index (κ3) is 1.85. The molecule has 1 aliphatic heterocycles. The molecule has 1 aromatic carbocycles. The highest BCUT2D eigenvalue weighted by Gasteiger charge is 2.48. The van der Waals surface area contributed by atoms with Crippen LogP contribution in [-0.2, 0) is 9.59 Å². The van der Waals surface area contributed by atoms with Crippen molar-refractivity contribution in [3.05, 3.63) is 18.2 Å². The fraction of sp³-hybridized carbons (Fsp3) is 0.333. The normalized spacial score (nSPS) is 23.6. The molecule has 18 heavy (non-hydrogen) atoms. The smallest absolute Gasteiger partial charge is 0.307 e. The Morgan fingerprint density at radius 1 is 1.22 bits per heavy atom. The third-order valence-corrected chi connectivity index (χ3v) is 3.08. The zero-order chi connectivity index (χ0) is 12.7. The van der Waals surface area contributed by atoms with Gasteiger partial charge in [0.25, 0.3) is 0 Å². The van der Waals surface area contributed by atoms with Gasteiger partial charge in [-0.05, 0) is 18.6 Å². The number of amides is 1. The number of ether oxygens (including phenoxy) is 2. The Bertz CT molecular complexity index is 527. The molecule has 1 amide bonds. The highest BCUT2D eigenvalue weighted by Crippen LogP contribution is 2.40. The van der Waals surface area contributed by atoms with Crippen LogP contribution in [0.3, 0.4) is 0 Å². The summed E-state index contributed by atoms with van der Waals surface area (Å²) in [4.78, 5) is 22.4. The molecule has 1 fully saturated rings. The Morgan fingerprint density at radius 2 is 2.00 bits per heavy atom. The molecule has 2 atom stereocenters. The molecule has 94 valence electrons. The van der Waals surface area contributed by atoms with Crippen molar-refractivity contribution >= 4 is 17.6 Å². The third-order valence-electron chi connectivity index (χ3n) is 3.08. The molecule has 1 aliphatic carbocycles. The summed E-state index contributed by atoms with van der Waals surface area (Å²) in [5.41, 5.74) is 0.584. The zero-order valence-corrected chi connectivity index (χ0v) is 9.38. The lowest BCUT2D eigenvalue weighted by Crippen LogP contribution is -2.16. The maximum absolute atomic E-state index is 11.7. The summed E-state index contributed by atoms with van der Waals surface area (Å²) in [7, 11) is 0. The fourth-order valence-electron chi connectivity index (χ4n) is 1.97. The van der Waals surface area contributed by atoms with E-state index < -0.39 is 17.8 Å². The summed E-state index contributed by atoms with van der Waals surface area (Å²) in [5, 5.41) is 11.4. The average molecular weight is 249 g/mol. The van der Waals surface area contributed by atoms with E-state index in [4.69, 9.17) is 14.6 Å². The quantitative estimate of drug-likeness (QED) is 0.837. The van der Waals surface area contributed by atoms with Crippen LogP contribution in [0.5, 0.6) is 11.5 Å².